The lowest BCUT2D eigenvalue weighted by atomic mass is 10.1. The molecule has 2 aromatic rings. The molecular formula is C18H23ClN4O. The Balaban J connectivity index is 2.05. The third-order valence-electron chi connectivity index (χ3n) is 3.63. The van der Waals surface area contributed by atoms with E-state index in [1.54, 1.807) is 23.0 Å². The molecule has 1 aromatic heterocycles. The number of nitrogens with one attached hydrogen (secondary N) is 1. The van der Waals surface area contributed by atoms with Gasteiger partial charge in [-0.15, -0.1) is 0 Å². The van der Waals surface area contributed by atoms with Gasteiger partial charge in [-0.2, -0.15) is 10.2 Å². The number of halogens is 1. The molecule has 5 nitrogen and oxygen atoms in total. The van der Waals surface area contributed by atoms with E-state index >= 15 is 0 Å². The lowest BCUT2D eigenvalue weighted by Gasteiger charge is -2.05. The van der Waals surface area contributed by atoms with E-state index in [-0.39, 0.29) is 5.91 Å². The third-order valence-corrected chi connectivity index (χ3v) is 4.03. The SMILES string of the molecule is CCc1ccc(C(=O)N/N=C\c2c(C)nn(CC(C)C)c2Cl)cc1. The summed E-state index contributed by atoms with van der Waals surface area (Å²) in [5, 5.41) is 8.95. The van der Waals surface area contributed by atoms with E-state index in [4.69, 9.17) is 11.6 Å². The van der Waals surface area contributed by atoms with Gasteiger partial charge in [0.1, 0.15) is 5.15 Å². The summed E-state index contributed by atoms with van der Waals surface area (Å²) < 4.78 is 1.76. The Morgan fingerprint density at radius 3 is 2.62 bits per heavy atom. The molecule has 0 unspecified atom stereocenters. The number of nitrogens with zero attached hydrogens (tertiary/aromatic N) is 3. The van der Waals surface area contributed by atoms with E-state index in [2.05, 4.69) is 36.4 Å². The van der Waals surface area contributed by atoms with E-state index in [0.717, 1.165) is 24.2 Å². The fraction of sp³-hybridized carbons (Fsp3) is 0.389. The van der Waals surface area contributed by atoms with Crippen LogP contribution in [0.3, 0.4) is 0 Å². The number of hydrogen-bond acceptors (Lipinski definition) is 3. The standard InChI is InChI=1S/C18H23ClN4O/c1-5-14-6-8-15(9-7-14)18(24)21-20-10-16-13(4)22-23(17(16)19)11-12(2)3/h6-10,12H,5,11H2,1-4H3,(H,21,24)/b20-10-. The van der Waals surface area contributed by atoms with E-state index in [1.165, 1.54) is 5.56 Å². The Morgan fingerprint density at radius 2 is 2.04 bits per heavy atom. The molecule has 0 aliphatic rings. The van der Waals surface area contributed by atoms with Crippen LogP contribution < -0.4 is 5.43 Å². The second-order valence-electron chi connectivity index (χ2n) is 6.12. The Labute approximate surface area is 147 Å². The molecule has 0 saturated heterocycles. The molecule has 0 fully saturated rings. The molecule has 0 bridgehead atoms. The van der Waals surface area contributed by atoms with Gasteiger partial charge in [0.15, 0.2) is 0 Å². The predicted octanol–water partition coefficient (Wildman–Crippen LogP) is 3.83. The smallest absolute Gasteiger partial charge is 0.267 e. The lowest BCUT2D eigenvalue weighted by Crippen LogP contribution is -2.17. The van der Waals surface area contributed by atoms with Gasteiger partial charge in [-0.05, 0) is 37.0 Å². The molecule has 6 heteroatoms. The first-order chi connectivity index (χ1) is 11.4. The Bertz CT molecular complexity index is 732. The number of hydrazone groups is 1. The molecule has 0 saturated carbocycles. The first kappa shape index (κ1) is 18.2. The number of amides is 1. The van der Waals surface area contributed by atoms with Gasteiger partial charge in [-0.1, -0.05) is 44.5 Å². The summed E-state index contributed by atoms with van der Waals surface area (Å²) in [4.78, 5) is 12.1. The molecule has 1 N–H and O–H groups in total. The lowest BCUT2D eigenvalue weighted by molar-refractivity contribution is 0.0955. The number of hydrogen-bond donors (Lipinski definition) is 1. The van der Waals surface area contributed by atoms with E-state index in [1.807, 2.05) is 19.1 Å². The monoisotopic (exact) mass is 346 g/mol. The topological polar surface area (TPSA) is 59.3 Å². The van der Waals surface area contributed by atoms with Crippen molar-refractivity contribution >= 4 is 23.7 Å². The van der Waals surface area contributed by atoms with Crippen LogP contribution in [-0.2, 0) is 13.0 Å². The fourth-order valence-corrected chi connectivity index (χ4v) is 2.58. The minimum atomic E-state index is -0.253. The molecule has 0 atom stereocenters. The summed E-state index contributed by atoms with van der Waals surface area (Å²) in [6.45, 7) is 8.89. The van der Waals surface area contributed by atoms with Gasteiger partial charge in [0.05, 0.1) is 17.5 Å². The highest BCUT2D eigenvalue weighted by molar-refractivity contribution is 6.32. The molecule has 1 aromatic carbocycles. The van der Waals surface area contributed by atoms with Gasteiger partial charge in [0.2, 0.25) is 0 Å². The number of carbonyl (C=O) groups is 1. The van der Waals surface area contributed by atoms with Crippen LogP contribution >= 0.6 is 11.6 Å². The van der Waals surface area contributed by atoms with Crippen molar-refractivity contribution in [1.82, 2.24) is 15.2 Å². The second kappa shape index (κ2) is 8.11. The quantitative estimate of drug-likeness (QED) is 0.638. The highest BCUT2D eigenvalue weighted by Gasteiger charge is 2.12. The zero-order valence-corrected chi connectivity index (χ0v) is 15.3. The highest BCUT2D eigenvalue weighted by Crippen LogP contribution is 2.19. The van der Waals surface area contributed by atoms with Gasteiger partial charge in [0, 0.05) is 12.1 Å². The van der Waals surface area contributed by atoms with Crippen LogP contribution in [0.15, 0.2) is 29.4 Å². The summed E-state index contributed by atoms with van der Waals surface area (Å²) in [5.41, 5.74) is 5.79. The summed E-state index contributed by atoms with van der Waals surface area (Å²) in [6, 6.07) is 7.47. The molecule has 24 heavy (non-hydrogen) atoms. The number of aryl methyl sites for hydroxylation is 2. The van der Waals surface area contributed by atoms with E-state index in [0.29, 0.717) is 16.6 Å². The maximum Gasteiger partial charge on any atom is 0.271 e. The van der Waals surface area contributed by atoms with Gasteiger partial charge < -0.3 is 0 Å². The Hall–Kier alpha value is -2.14. The van der Waals surface area contributed by atoms with Crippen molar-refractivity contribution in [3.8, 4) is 0 Å². The van der Waals surface area contributed by atoms with Gasteiger partial charge in [-0.3, -0.25) is 9.48 Å². The summed E-state index contributed by atoms with van der Waals surface area (Å²) in [6.07, 6.45) is 2.48. The number of benzene rings is 1. The predicted molar refractivity (Wildman–Crippen MR) is 97.7 cm³/mol. The normalized spacial score (nSPS) is 11.4. The molecular weight excluding hydrogens is 324 g/mol. The van der Waals surface area contributed by atoms with Crippen LogP contribution in [-0.4, -0.2) is 21.9 Å². The second-order valence-corrected chi connectivity index (χ2v) is 6.47. The maximum atomic E-state index is 12.1. The Morgan fingerprint density at radius 1 is 1.38 bits per heavy atom. The van der Waals surface area contributed by atoms with Crippen LogP contribution in [0, 0.1) is 12.8 Å². The van der Waals surface area contributed by atoms with Crippen molar-refractivity contribution in [3.05, 3.63) is 51.8 Å². The van der Waals surface area contributed by atoms with Crippen LogP contribution in [0.25, 0.3) is 0 Å². The number of rotatable bonds is 6. The molecule has 128 valence electrons. The molecule has 0 spiro atoms. The van der Waals surface area contributed by atoms with Crippen molar-refractivity contribution in [1.29, 1.82) is 0 Å². The summed E-state index contributed by atoms with van der Waals surface area (Å²) >= 11 is 6.34. The molecule has 0 aliphatic carbocycles. The fourth-order valence-electron chi connectivity index (χ4n) is 2.29. The maximum absolute atomic E-state index is 12.1. The van der Waals surface area contributed by atoms with Crippen molar-refractivity contribution in [3.63, 3.8) is 0 Å². The average molecular weight is 347 g/mol. The van der Waals surface area contributed by atoms with Crippen LogP contribution in [0.4, 0.5) is 0 Å². The zero-order valence-electron chi connectivity index (χ0n) is 14.5. The minimum absolute atomic E-state index is 0.253. The van der Waals surface area contributed by atoms with Crippen molar-refractivity contribution in [2.45, 2.75) is 40.7 Å². The Kier molecular flexibility index (Phi) is 6.15. The average Bonchev–Trinajstić information content (AvgIpc) is 2.81. The van der Waals surface area contributed by atoms with Crippen molar-refractivity contribution in [2.24, 2.45) is 11.0 Å². The molecule has 0 aliphatic heterocycles. The number of aromatic nitrogens is 2. The van der Waals surface area contributed by atoms with Crippen LogP contribution in [0.5, 0.6) is 0 Å². The van der Waals surface area contributed by atoms with Crippen LogP contribution in [0.1, 0.15) is 48.0 Å². The van der Waals surface area contributed by atoms with Gasteiger partial charge in [0.25, 0.3) is 5.91 Å². The summed E-state index contributed by atoms with van der Waals surface area (Å²) in [5.74, 6) is 0.189. The third kappa shape index (κ3) is 4.45. The van der Waals surface area contributed by atoms with Crippen molar-refractivity contribution < 1.29 is 4.79 Å². The highest BCUT2D eigenvalue weighted by atomic mass is 35.5. The first-order valence-electron chi connectivity index (χ1n) is 8.07. The molecule has 1 heterocycles. The molecule has 1 amide bonds. The van der Waals surface area contributed by atoms with Crippen LogP contribution in [0.2, 0.25) is 5.15 Å². The summed E-state index contributed by atoms with van der Waals surface area (Å²) in [7, 11) is 0. The van der Waals surface area contributed by atoms with E-state index < -0.39 is 0 Å². The number of carbonyl (C=O) groups excluding carboxylic acids is 1. The molecule has 0 radical (unpaired) electrons. The van der Waals surface area contributed by atoms with Crippen molar-refractivity contribution in [2.75, 3.05) is 0 Å². The minimum Gasteiger partial charge on any atom is -0.267 e. The van der Waals surface area contributed by atoms with Gasteiger partial charge in [-0.25, -0.2) is 5.43 Å². The zero-order chi connectivity index (χ0) is 17.7. The van der Waals surface area contributed by atoms with E-state index in [9.17, 15) is 4.79 Å². The van der Waals surface area contributed by atoms with Gasteiger partial charge >= 0.3 is 0 Å². The largest absolute Gasteiger partial charge is 0.271 e. The molecule has 2 rings (SSSR count). The first-order valence-corrected chi connectivity index (χ1v) is 8.45.